The number of nitrogens with zero attached hydrogens (tertiary/aromatic N) is 3. The number of ether oxygens (including phenoxy) is 1. The summed E-state index contributed by atoms with van der Waals surface area (Å²) in [6.07, 6.45) is 0. The second-order valence-corrected chi connectivity index (χ2v) is 4.77. The number of nitriles is 1. The first kappa shape index (κ1) is 14.6. The van der Waals surface area contributed by atoms with E-state index in [0.29, 0.717) is 23.6 Å². The summed E-state index contributed by atoms with van der Waals surface area (Å²) in [6, 6.07) is 13.8. The fourth-order valence-electron chi connectivity index (χ4n) is 2.38. The summed E-state index contributed by atoms with van der Waals surface area (Å²) < 4.78 is 6.67. The van der Waals surface area contributed by atoms with Gasteiger partial charge < -0.3 is 9.84 Å². The van der Waals surface area contributed by atoms with E-state index in [-0.39, 0.29) is 17.0 Å². The van der Waals surface area contributed by atoms with Crippen LogP contribution in [0.2, 0.25) is 0 Å². The van der Waals surface area contributed by atoms with Crippen LogP contribution >= 0.6 is 0 Å². The van der Waals surface area contributed by atoms with Gasteiger partial charge in [0.25, 0.3) is 5.56 Å². The normalized spacial score (nSPS) is 10.4. The third-order valence-corrected chi connectivity index (χ3v) is 3.39. The summed E-state index contributed by atoms with van der Waals surface area (Å²) in [5, 5.41) is 19.7. The molecule has 0 atom stereocenters. The van der Waals surface area contributed by atoms with E-state index in [4.69, 9.17) is 4.74 Å². The zero-order valence-corrected chi connectivity index (χ0v) is 12.4. The van der Waals surface area contributed by atoms with E-state index in [1.54, 1.807) is 42.5 Å². The number of aromatic nitrogens is 2. The van der Waals surface area contributed by atoms with E-state index in [1.165, 1.54) is 4.57 Å². The van der Waals surface area contributed by atoms with E-state index in [9.17, 15) is 15.2 Å². The van der Waals surface area contributed by atoms with E-state index >= 15 is 0 Å². The zero-order valence-electron chi connectivity index (χ0n) is 12.4. The lowest BCUT2D eigenvalue weighted by molar-refractivity contribution is 0.328. The first-order valence-corrected chi connectivity index (χ1v) is 7.04. The molecule has 0 amide bonds. The molecule has 23 heavy (non-hydrogen) atoms. The van der Waals surface area contributed by atoms with E-state index in [2.05, 4.69) is 4.98 Å². The maximum absolute atomic E-state index is 12.6. The summed E-state index contributed by atoms with van der Waals surface area (Å²) in [5.74, 6) is -0.0246. The molecule has 0 aliphatic carbocycles. The summed E-state index contributed by atoms with van der Waals surface area (Å²) in [4.78, 5) is 16.9. The van der Waals surface area contributed by atoms with Gasteiger partial charge in [0, 0.05) is 6.07 Å². The molecule has 0 bridgehead atoms. The number of para-hydroxylation sites is 1. The minimum Gasteiger partial charge on any atom is -0.506 e. The molecule has 2 heterocycles. The topological polar surface area (TPSA) is 88.1 Å². The molecular formula is C17H13N3O3. The zero-order chi connectivity index (χ0) is 16.4. The second-order valence-electron chi connectivity index (χ2n) is 4.77. The highest BCUT2D eigenvalue weighted by molar-refractivity contribution is 5.86. The molecule has 0 fully saturated rings. The van der Waals surface area contributed by atoms with Gasteiger partial charge in [-0.2, -0.15) is 10.2 Å². The smallest absolute Gasteiger partial charge is 0.278 e. The Morgan fingerprint density at radius 2 is 2.00 bits per heavy atom. The highest BCUT2D eigenvalue weighted by Crippen LogP contribution is 2.28. The lowest BCUT2D eigenvalue weighted by Gasteiger charge is -2.13. The number of benzene rings is 1. The number of fused-ring (bicyclic) bond motifs is 1. The molecule has 0 unspecified atom stereocenters. The van der Waals surface area contributed by atoms with E-state index < -0.39 is 5.56 Å². The quantitative estimate of drug-likeness (QED) is 0.802. The van der Waals surface area contributed by atoms with Crippen molar-refractivity contribution >= 4 is 11.0 Å². The Morgan fingerprint density at radius 1 is 1.26 bits per heavy atom. The number of hydrogen-bond donors (Lipinski definition) is 1. The Morgan fingerprint density at radius 3 is 2.65 bits per heavy atom. The van der Waals surface area contributed by atoms with Gasteiger partial charge in [0.15, 0.2) is 11.2 Å². The van der Waals surface area contributed by atoms with Gasteiger partial charge in [-0.15, -0.1) is 0 Å². The minimum atomic E-state index is -0.621. The highest BCUT2D eigenvalue weighted by Gasteiger charge is 2.18. The van der Waals surface area contributed by atoms with Crippen LogP contribution in [0.5, 0.6) is 11.6 Å². The lowest BCUT2D eigenvalue weighted by atomic mass is 10.1. The van der Waals surface area contributed by atoms with Crippen LogP contribution in [0.25, 0.3) is 16.7 Å². The molecule has 3 rings (SSSR count). The first-order chi connectivity index (χ1) is 11.2. The van der Waals surface area contributed by atoms with Crippen molar-refractivity contribution in [2.45, 2.75) is 6.92 Å². The third kappa shape index (κ3) is 2.38. The average molecular weight is 307 g/mol. The van der Waals surface area contributed by atoms with Crippen molar-refractivity contribution in [3.8, 4) is 23.4 Å². The van der Waals surface area contributed by atoms with Crippen molar-refractivity contribution in [3.05, 3.63) is 58.4 Å². The Kier molecular flexibility index (Phi) is 3.69. The van der Waals surface area contributed by atoms with Crippen LogP contribution in [0.15, 0.2) is 47.3 Å². The predicted molar refractivity (Wildman–Crippen MR) is 84.9 cm³/mol. The van der Waals surface area contributed by atoms with Crippen LogP contribution in [-0.2, 0) is 0 Å². The summed E-state index contributed by atoms with van der Waals surface area (Å²) in [5.41, 5.74) is -0.138. The summed E-state index contributed by atoms with van der Waals surface area (Å²) in [6.45, 7) is 2.25. The third-order valence-electron chi connectivity index (χ3n) is 3.39. The molecule has 0 saturated carbocycles. The summed E-state index contributed by atoms with van der Waals surface area (Å²) >= 11 is 0. The molecule has 0 saturated heterocycles. The van der Waals surface area contributed by atoms with Crippen LogP contribution < -0.4 is 10.3 Å². The fourth-order valence-corrected chi connectivity index (χ4v) is 2.38. The molecule has 1 N–H and O–H groups in total. The molecule has 0 aliphatic rings. The van der Waals surface area contributed by atoms with Crippen molar-refractivity contribution in [3.63, 3.8) is 0 Å². The number of aromatic hydroxyl groups is 1. The molecule has 6 heteroatoms. The lowest BCUT2D eigenvalue weighted by Crippen LogP contribution is -2.22. The van der Waals surface area contributed by atoms with Crippen molar-refractivity contribution in [2.24, 2.45) is 0 Å². The Bertz CT molecular complexity index is 972. The van der Waals surface area contributed by atoms with Crippen LogP contribution in [0.4, 0.5) is 0 Å². The van der Waals surface area contributed by atoms with Crippen molar-refractivity contribution in [2.75, 3.05) is 6.61 Å². The molecule has 114 valence electrons. The molecule has 1 aromatic carbocycles. The molecule has 0 aliphatic heterocycles. The Balaban J connectivity index is 2.46. The van der Waals surface area contributed by atoms with Crippen LogP contribution in [0.3, 0.4) is 0 Å². The van der Waals surface area contributed by atoms with Gasteiger partial charge in [-0.1, -0.05) is 18.2 Å². The monoisotopic (exact) mass is 307 g/mol. The van der Waals surface area contributed by atoms with Crippen LogP contribution in [0, 0.1) is 11.3 Å². The van der Waals surface area contributed by atoms with Gasteiger partial charge in [0.1, 0.15) is 11.8 Å². The van der Waals surface area contributed by atoms with Gasteiger partial charge in [-0.25, -0.2) is 0 Å². The largest absolute Gasteiger partial charge is 0.506 e. The van der Waals surface area contributed by atoms with Crippen LogP contribution in [0.1, 0.15) is 12.5 Å². The maximum Gasteiger partial charge on any atom is 0.278 e. The standard InChI is InChI=1S/C17H13N3O3/c1-2-23-14-9-8-12-15(21)13(10-18)17(22)20(16(12)19-14)11-6-4-3-5-7-11/h3-9,21H,2H2,1H3. The number of rotatable bonds is 3. The Hall–Kier alpha value is -3.33. The Labute approximate surface area is 131 Å². The molecule has 3 aromatic rings. The first-order valence-electron chi connectivity index (χ1n) is 7.04. The number of hydrogen-bond acceptors (Lipinski definition) is 5. The fraction of sp³-hybridized carbons (Fsp3) is 0.118. The van der Waals surface area contributed by atoms with Gasteiger partial charge in [-0.3, -0.25) is 9.36 Å². The van der Waals surface area contributed by atoms with Crippen molar-refractivity contribution in [1.29, 1.82) is 5.26 Å². The predicted octanol–water partition coefficient (Wildman–Crippen LogP) is 2.36. The maximum atomic E-state index is 12.6. The highest BCUT2D eigenvalue weighted by atomic mass is 16.5. The molecular weight excluding hydrogens is 294 g/mol. The SMILES string of the molecule is CCOc1ccc2c(O)c(C#N)c(=O)n(-c3ccccc3)c2n1. The molecule has 6 nitrogen and oxygen atoms in total. The van der Waals surface area contributed by atoms with E-state index in [1.807, 2.05) is 13.0 Å². The second kappa shape index (κ2) is 5.81. The van der Waals surface area contributed by atoms with Crippen LogP contribution in [-0.4, -0.2) is 21.3 Å². The van der Waals surface area contributed by atoms with E-state index in [0.717, 1.165) is 0 Å². The van der Waals surface area contributed by atoms with Gasteiger partial charge >= 0.3 is 0 Å². The van der Waals surface area contributed by atoms with Gasteiger partial charge in [-0.05, 0) is 25.1 Å². The average Bonchev–Trinajstić information content (AvgIpc) is 2.56. The summed E-state index contributed by atoms with van der Waals surface area (Å²) in [7, 11) is 0. The number of pyridine rings is 2. The van der Waals surface area contributed by atoms with Crippen molar-refractivity contribution < 1.29 is 9.84 Å². The molecule has 0 spiro atoms. The molecule has 2 aromatic heterocycles. The minimum absolute atomic E-state index is 0.239. The van der Waals surface area contributed by atoms with Crippen molar-refractivity contribution in [1.82, 2.24) is 9.55 Å². The van der Waals surface area contributed by atoms with Gasteiger partial charge in [0.05, 0.1) is 17.7 Å². The van der Waals surface area contributed by atoms with Gasteiger partial charge in [0.2, 0.25) is 5.88 Å². The molecule has 0 radical (unpaired) electrons.